The minimum atomic E-state index is -2.33. The largest absolute Gasteiger partial charge is 4.00 e. The molecule has 0 fully saturated rings. The third kappa shape index (κ3) is 6200. The van der Waals surface area contributed by atoms with Crippen LogP contribution in [0.1, 0.15) is 27.7 Å². The number of rotatable bonds is 0. The zero-order chi connectivity index (χ0) is 29.0. The molecule has 24 heteroatoms. The second kappa shape index (κ2) is 85.3. The maximum absolute atomic E-state index is 8.89. The molecule has 0 aliphatic carbocycles. The Kier molecular flexibility index (Phi) is 187. The SMILES string of the molecule is CC(=O)[O-].CC(=O)[O-].CC(=O)[O-].CC(=O)[O-].O=C([O-])[O-].O=C([O-])[O-].O=C([O-])[O-].[NH4+].[NH4+].[O]=[Zr+2].[O]=[Zr+2].[Zr+4]. The number of carboxylic acids is 4. The van der Waals surface area contributed by atoms with Gasteiger partial charge >= 0.3 is 81.3 Å². The topological polar surface area (TPSA) is 457 Å². The quantitative estimate of drug-likeness (QED) is 0.231. The third-order valence-corrected chi connectivity index (χ3v) is 0. The molecule has 0 rings (SSSR count). The van der Waals surface area contributed by atoms with Gasteiger partial charge in [0.1, 0.15) is 0 Å². The van der Waals surface area contributed by atoms with Crippen LogP contribution >= 0.6 is 0 Å². The van der Waals surface area contributed by atoms with E-state index in [0.29, 0.717) is 49.4 Å². The number of hydrogen-bond donors (Lipinski definition) is 2. The van der Waals surface area contributed by atoms with Crippen LogP contribution in [0.3, 0.4) is 0 Å². The van der Waals surface area contributed by atoms with E-state index in [2.05, 4.69) is 0 Å². The second-order valence-electron chi connectivity index (χ2n) is 2.72. The Morgan fingerprint density at radius 3 is 0.371 bits per heavy atom. The molecule has 0 saturated carbocycles. The molecule has 35 heavy (non-hydrogen) atoms. The monoisotopic (exact) mass is 754 g/mol. The van der Waals surface area contributed by atoms with Gasteiger partial charge in [0.05, 0.1) is 0 Å². The Bertz CT molecular complexity index is 359. The molecule has 0 unspecified atom stereocenters. The summed E-state index contributed by atoms with van der Waals surface area (Å²) in [6.45, 7) is 3.89. The van der Waals surface area contributed by atoms with Crippen LogP contribution in [0.2, 0.25) is 0 Å². The van der Waals surface area contributed by atoms with Gasteiger partial charge in [-0.3, -0.25) is 0 Å². The van der Waals surface area contributed by atoms with Crippen molar-refractivity contribution in [3.8, 4) is 0 Å². The molecule has 0 amide bonds. The summed E-state index contributed by atoms with van der Waals surface area (Å²) in [5.74, 6) is -4.33. The Morgan fingerprint density at radius 2 is 0.371 bits per heavy atom. The Labute approximate surface area is 246 Å². The molecular weight excluding hydrogens is 738 g/mol. The molecule has 0 aliphatic rings. The van der Waals surface area contributed by atoms with E-state index < -0.39 is 42.3 Å². The van der Waals surface area contributed by atoms with Crippen molar-refractivity contribution < 1.29 is 166 Å². The summed E-state index contributed by atoms with van der Waals surface area (Å²) in [6, 6.07) is 0. The standard InChI is InChI=1S/4C2H4O2.3CH2O3.2H3N.2O.3Zr/c4*1-2(3)4;3*2-1(3)4;;;;;;;/h4*1H3,(H,3,4);3*(H2,2,3,4);2*1H3;;;;;/q;;;;;;;;;;;2*+2;+4/p-8. The Balaban J connectivity index is -0.0000000170. The number of hydrogen-bond acceptors (Lipinski definition) is 19. The Hall–Kier alpha value is -2.14. The van der Waals surface area contributed by atoms with Crippen molar-refractivity contribution in [2.24, 2.45) is 0 Å². The fourth-order valence-corrected chi connectivity index (χ4v) is 0. The van der Waals surface area contributed by atoms with Crippen molar-refractivity contribution in [3.63, 3.8) is 0 Å². The summed E-state index contributed by atoms with van der Waals surface area (Å²) in [7, 11) is 0. The Morgan fingerprint density at radius 1 is 0.371 bits per heavy atom. The van der Waals surface area contributed by atoms with Gasteiger partial charge in [0.25, 0.3) is 0 Å². The van der Waals surface area contributed by atoms with Gasteiger partial charge in [-0.1, -0.05) is 0 Å². The summed E-state index contributed by atoms with van der Waals surface area (Å²) in [5, 5.41) is 85.6. The number of aliphatic carboxylic acids is 4. The number of carboxylic acid groups (broad SMARTS) is 10. The molecule has 0 heterocycles. The maximum atomic E-state index is 8.89. The minimum absolute atomic E-state index is 0. The summed E-state index contributed by atoms with van der Waals surface area (Å²) in [4.78, 5) is 60.6. The van der Waals surface area contributed by atoms with Crippen LogP contribution in [-0.2, 0) is 100 Å². The van der Waals surface area contributed by atoms with E-state index in [-0.39, 0.29) is 38.5 Å². The predicted molar refractivity (Wildman–Crippen MR) is 72.3 cm³/mol. The number of carbonyl (C=O) groups excluding carboxylic acids is 7. The molecule has 0 aromatic heterocycles. The maximum Gasteiger partial charge on any atom is 4.00 e. The zero-order valence-corrected chi connectivity index (χ0v) is 26.1. The molecule has 200 valence electrons. The van der Waals surface area contributed by atoms with Crippen LogP contribution in [0.25, 0.3) is 0 Å². The van der Waals surface area contributed by atoms with E-state index in [4.69, 9.17) is 90.3 Å². The molecule has 0 aromatic rings. The van der Waals surface area contributed by atoms with E-state index in [1.54, 1.807) is 0 Å². The van der Waals surface area contributed by atoms with Crippen molar-refractivity contribution in [1.29, 1.82) is 0 Å². The van der Waals surface area contributed by atoms with Gasteiger partial charge in [-0.15, -0.1) is 0 Å². The van der Waals surface area contributed by atoms with Crippen LogP contribution in [0.5, 0.6) is 0 Å². The molecule has 0 atom stereocenters. The van der Waals surface area contributed by atoms with Gasteiger partial charge < -0.3 is 96.9 Å². The number of carbonyl (C=O) groups is 7. The molecule has 0 aliphatic heterocycles. The van der Waals surface area contributed by atoms with E-state index in [9.17, 15) is 0 Å². The first kappa shape index (κ1) is 76.7. The van der Waals surface area contributed by atoms with Crippen molar-refractivity contribution in [2.75, 3.05) is 0 Å². The van der Waals surface area contributed by atoms with Gasteiger partial charge in [-0.05, 0) is 46.2 Å². The van der Waals surface area contributed by atoms with Crippen LogP contribution in [-0.4, -0.2) is 42.3 Å². The summed E-state index contributed by atoms with van der Waals surface area (Å²) in [6.07, 6.45) is -7.00. The van der Waals surface area contributed by atoms with Gasteiger partial charge in [0.15, 0.2) is 0 Å². The summed E-state index contributed by atoms with van der Waals surface area (Å²) in [5.41, 5.74) is 0. The normalized spacial score (nSPS) is 5.26. The first-order valence-corrected chi connectivity index (χ1v) is 7.89. The van der Waals surface area contributed by atoms with E-state index in [1.807, 2.05) is 0 Å². The van der Waals surface area contributed by atoms with Gasteiger partial charge in [0, 0.05) is 23.9 Å². The van der Waals surface area contributed by atoms with E-state index in [1.165, 1.54) is 0 Å². The average molecular weight is 758 g/mol. The average Bonchev–Trinajstić information content (AvgIpc) is 2.46. The van der Waals surface area contributed by atoms with Crippen molar-refractivity contribution >= 4 is 42.3 Å². The summed E-state index contributed by atoms with van der Waals surface area (Å²) < 4.78 is 16.7. The first-order chi connectivity index (χ1) is 14.1. The van der Waals surface area contributed by atoms with Crippen LogP contribution in [0.4, 0.5) is 14.4 Å². The molecule has 0 aromatic carbocycles. The fourth-order valence-electron chi connectivity index (χ4n) is 0. The molecule has 0 radical (unpaired) electrons. The molecule has 0 spiro atoms. The van der Waals surface area contributed by atoms with Crippen molar-refractivity contribution in [2.45, 2.75) is 27.7 Å². The summed E-state index contributed by atoms with van der Waals surface area (Å²) >= 11 is 0.600. The number of quaternary nitrogens is 2. The first-order valence-electron chi connectivity index (χ1n) is 5.88. The van der Waals surface area contributed by atoms with Gasteiger partial charge in [-0.25, -0.2) is 0 Å². The predicted octanol–water partition coefficient (Wildman–Crippen LogP) is -11.8. The van der Waals surface area contributed by atoms with Crippen molar-refractivity contribution in [1.82, 2.24) is 12.3 Å². The fraction of sp³-hybridized carbons (Fsp3) is 0.364. The van der Waals surface area contributed by atoms with Gasteiger partial charge in [-0.2, -0.15) is 0 Å². The zero-order valence-electron chi connectivity index (χ0n) is 18.8. The van der Waals surface area contributed by atoms with E-state index in [0.717, 1.165) is 27.7 Å². The smallest absolute Gasteiger partial charge is 4.00 e. The second-order valence-corrected chi connectivity index (χ2v) is 2.72. The van der Waals surface area contributed by atoms with Crippen LogP contribution in [0, 0.1) is 0 Å². The van der Waals surface area contributed by atoms with Crippen molar-refractivity contribution in [3.05, 3.63) is 0 Å². The molecule has 0 saturated heterocycles. The van der Waals surface area contributed by atoms with E-state index >= 15 is 0 Å². The molecule has 21 nitrogen and oxygen atoms in total. The van der Waals surface area contributed by atoms with Crippen LogP contribution < -0.4 is 63.4 Å². The molecular formula is C11H20N2O19Zr3. The molecule has 8 N–H and O–H groups in total. The molecule has 0 bridgehead atoms. The minimum Gasteiger partial charge on any atom is 4.00 e. The van der Waals surface area contributed by atoms with Gasteiger partial charge in [0.2, 0.25) is 0 Å². The van der Waals surface area contributed by atoms with Crippen LogP contribution in [0.15, 0.2) is 0 Å². The third-order valence-electron chi connectivity index (χ3n) is 0.